The molecule has 0 spiro atoms. The highest BCUT2D eigenvalue weighted by Gasteiger charge is 2.17. The fourth-order valence-electron chi connectivity index (χ4n) is 3.37. The maximum atomic E-state index is 12.6. The lowest BCUT2D eigenvalue weighted by molar-refractivity contribution is 0.0949. The lowest BCUT2D eigenvalue weighted by atomic mass is 10.1. The largest absolute Gasteiger partial charge is 0.506 e. The van der Waals surface area contributed by atoms with Crippen LogP contribution < -0.4 is 15.5 Å². The van der Waals surface area contributed by atoms with Crippen LogP contribution in [0.25, 0.3) is 10.4 Å². The second-order valence-electron chi connectivity index (χ2n) is 7.94. The standard InChI is InChI=1S/C25H25N5O4S2/c1-14-11-17(29-30(14)3)12-26-24(32)20-9-10-21(36-20)25(33)28-27-15(2)19-13-35-23(22(19)31)16-5-7-18(34-4)8-6-16/h5-11,13,31H,12H2,1-4H3,(H,26,32)(H,28,33)/b27-15+. The van der Waals surface area contributed by atoms with E-state index >= 15 is 0 Å². The predicted molar refractivity (Wildman–Crippen MR) is 141 cm³/mol. The van der Waals surface area contributed by atoms with Crippen molar-refractivity contribution >= 4 is 40.2 Å². The lowest BCUT2D eigenvalue weighted by Gasteiger charge is -2.04. The van der Waals surface area contributed by atoms with Gasteiger partial charge in [0, 0.05) is 18.1 Å². The highest BCUT2D eigenvalue weighted by atomic mass is 32.1. The van der Waals surface area contributed by atoms with Gasteiger partial charge in [-0.15, -0.1) is 22.7 Å². The highest BCUT2D eigenvalue weighted by Crippen LogP contribution is 2.39. The number of hydrogen-bond acceptors (Lipinski definition) is 8. The minimum absolute atomic E-state index is 0.0962. The Kier molecular flexibility index (Phi) is 7.51. The molecule has 0 aliphatic rings. The number of aryl methyl sites for hydroxylation is 2. The van der Waals surface area contributed by atoms with Gasteiger partial charge in [0.1, 0.15) is 11.5 Å². The van der Waals surface area contributed by atoms with Gasteiger partial charge in [-0.3, -0.25) is 14.3 Å². The van der Waals surface area contributed by atoms with E-state index in [9.17, 15) is 14.7 Å². The Labute approximate surface area is 216 Å². The monoisotopic (exact) mass is 523 g/mol. The number of amides is 2. The summed E-state index contributed by atoms with van der Waals surface area (Å²) in [5.41, 5.74) is 6.09. The van der Waals surface area contributed by atoms with Crippen LogP contribution in [-0.4, -0.2) is 39.5 Å². The Morgan fingerprint density at radius 3 is 2.47 bits per heavy atom. The fraction of sp³-hybridized carbons (Fsp3) is 0.200. The summed E-state index contributed by atoms with van der Waals surface area (Å²) in [6.07, 6.45) is 0. The van der Waals surface area contributed by atoms with Crippen LogP contribution in [0.2, 0.25) is 0 Å². The average Bonchev–Trinajstić information content (AvgIpc) is 3.60. The molecule has 186 valence electrons. The maximum Gasteiger partial charge on any atom is 0.281 e. The molecule has 11 heteroatoms. The van der Waals surface area contributed by atoms with E-state index in [2.05, 4.69) is 20.9 Å². The van der Waals surface area contributed by atoms with Crippen molar-refractivity contribution in [3.8, 4) is 21.9 Å². The number of thiophene rings is 2. The minimum atomic E-state index is -0.441. The summed E-state index contributed by atoms with van der Waals surface area (Å²) in [4.78, 5) is 26.5. The first-order chi connectivity index (χ1) is 17.3. The van der Waals surface area contributed by atoms with E-state index < -0.39 is 5.91 Å². The first-order valence-electron chi connectivity index (χ1n) is 10.9. The molecule has 0 atom stereocenters. The normalized spacial score (nSPS) is 11.4. The van der Waals surface area contributed by atoms with Crippen molar-refractivity contribution in [1.29, 1.82) is 0 Å². The van der Waals surface area contributed by atoms with E-state index in [1.807, 2.05) is 44.3 Å². The summed E-state index contributed by atoms with van der Waals surface area (Å²) >= 11 is 2.45. The second-order valence-corrected chi connectivity index (χ2v) is 9.90. The molecule has 0 saturated carbocycles. The third kappa shape index (κ3) is 5.47. The molecule has 0 saturated heterocycles. The van der Waals surface area contributed by atoms with Crippen molar-refractivity contribution in [1.82, 2.24) is 20.5 Å². The van der Waals surface area contributed by atoms with Crippen molar-refractivity contribution < 1.29 is 19.4 Å². The first-order valence-corrected chi connectivity index (χ1v) is 12.6. The third-order valence-corrected chi connectivity index (χ3v) is 7.58. The van der Waals surface area contributed by atoms with Crippen LogP contribution in [0.15, 0.2) is 52.9 Å². The van der Waals surface area contributed by atoms with E-state index in [1.165, 1.54) is 11.3 Å². The Hall–Kier alpha value is -3.96. The summed E-state index contributed by atoms with van der Waals surface area (Å²) in [5.74, 6) is 0.104. The highest BCUT2D eigenvalue weighted by molar-refractivity contribution is 7.16. The molecule has 0 aliphatic carbocycles. The molecule has 1 aromatic carbocycles. The minimum Gasteiger partial charge on any atom is -0.506 e. The molecule has 4 aromatic rings. The number of nitrogens with one attached hydrogen (secondary N) is 2. The van der Waals surface area contributed by atoms with Crippen molar-refractivity contribution in [3.05, 3.63) is 74.6 Å². The number of carbonyl (C=O) groups is 2. The molecule has 36 heavy (non-hydrogen) atoms. The molecular formula is C25H25N5O4S2. The Morgan fingerprint density at radius 1 is 1.14 bits per heavy atom. The van der Waals surface area contributed by atoms with Gasteiger partial charge >= 0.3 is 0 Å². The zero-order valence-electron chi connectivity index (χ0n) is 20.2. The van der Waals surface area contributed by atoms with Crippen LogP contribution >= 0.6 is 22.7 Å². The van der Waals surface area contributed by atoms with Gasteiger partial charge in [0.15, 0.2) is 0 Å². The number of hydrogen-bond donors (Lipinski definition) is 3. The van der Waals surface area contributed by atoms with E-state index in [4.69, 9.17) is 4.74 Å². The van der Waals surface area contributed by atoms with Crippen molar-refractivity contribution in [2.24, 2.45) is 12.1 Å². The van der Waals surface area contributed by atoms with Crippen LogP contribution in [0.4, 0.5) is 0 Å². The molecule has 0 aliphatic heterocycles. The Morgan fingerprint density at radius 2 is 1.83 bits per heavy atom. The molecule has 2 amide bonds. The summed E-state index contributed by atoms with van der Waals surface area (Å²) in [5, 5.41) is 23.8. The zero-order valence-corrected chi connectivity index (χ0v) is 21.8. The van der Waals surface area contributed by atoms with Gasteiger partial charge in [0.05, 0.1) is 45.3 Å². The maximum absolute atomic E-state index is 12.6. The Bertz CT molecular complexity index is 1410. The molecular weight excluding hydrogens is 498 g/mol. The molecule has 0 unspecified atom stereocenters. The summed E-state index contributed by atoms with van der Waals surface area (Å²) in [6, 6.07) is 12.5. The van der Waals surface area contributed by atoms with Gasteiger partial charge < -0.3 is 15.2 Å². The van der Waals surface area contributed by atoms with Gasteiger partial charge in [-0.1, -0.05) is 0 Å². The van der Waals surface area contributed by atoms with Crippen molar-refractivity contribution in [3.63, 3.8) is 0 Å². The SMILES string of the molecule is COc1ccc(-c2scc(/C(C)=N/NC(=O)c3ccc(C(=O)NCc4cc(C)n(C)n4)s3)c2O)cc1. The molecule has 3 heterocycles. The molecule has 3 aromatic heterocycles. The summed E-state index contributed by atoms with van der Waals surface area (Å²) in [6.45, 7) is 3.94. The third-order valence-electron chi connectivity index (χ3n) is 5.48. The van der Waals surface area contributed by atoms with E-state index in [0.717, 1.165) is 34.0 Å². The predicted octanol–water partition coefficient (Wildman–Crippen LogP) is 4.32. The molecule has 0 radical (unpaired) electrons. The van der Waals surface area contributed by atoms with Gasteiger partial charge in [-0.25, -0.2) is 5.43 Å². The number of benzene rings is 1. The van der Waals surface area contributed by atoms with Crippen LogP contribution in [0, 0.1) is 6.92 Å². The van der Waals surface area contributed by atoms with Crippen LogP contribution in [-0.2, 0) is 13.6 Å². The van der Waals surface area contributed by atoms with E-state index in [1.54, 1.807) is 36.2 Å². The zero-order chi connectivity index (χ0) is 25.8. The molecule has 4 rings (SSSR count). The van der Waals surface area contributed by atoms with Gasteiger partial charge in [0.2, 0.25) is 0 Å². The quantitative estimate of drug-likeness (QED) is 0.235. The van der Waals surface area contributed by atoms with E-state index in [0.29, 0.717) is 32.5 Å². The van der Waals surface area contributed by atoms with E-state index in [-0.39, 0.29) is 11.7 Å². The summed E-state index contributed by atoms with van der Waals surface area (Å²) in [7, 11) is 3.44. The molecule has 3 N–H and O–H groups in total. The smallest absolute Gasteiger partial charge is 0.281 e. The number of methoxy groups -OCH3 is 1. The van der Waals surface area contributed by atoms with Crippen molar-refractivity contribution in [2.45, 2.75) is 20.4 Å². The van der Waals surface area contributed by atoms with Gasteiger partial charge in [0.25, 0.3) is 11.8 Å². The molecule has 9 nitrogen and oxygen atoms in total. The molecule has 0 bridgehead atoms. The number of aromatic hydroxyl groups is 1. The van der Waals surface area contributed by atoms with Gasteiger partial charge in [-0.05, 0) is 61.9 Å². The van der Waals surface area contributed by atoms with Gasteiger partial charge in [-0.2, -0.15) is 10.2 Å². The number of rotatable bonds is 8. The fourth-order valence-corrected chi connectivity index (χ4v) is 5.19. The second kappa shape index (κ2) is 10.8. The number of hydrazone groups is 1. The average molecular weight is 524 g/mol. The number of ether oxygens (including phenoxy) is 1. The molecule has 0 fully saturated rings. The van der Waals surface area contributed by atoms with Crippen LogP contribution in [0.5, 0.6) is 11.5 Å². The lowest BCUT2D eigenvalue weighted by Crippen LogP contribution is -2.22. The first kappa shape index (κ1) is 25.1. The summed E-state index contributed by atoms with van der Waals surface area (Å²) < 4.78 is 6.92. The van der Waals surface area contributed by atoms with Crippen LogP contribution in [0.3, 0.4) is 0 Å². The Balaban J connectivity index is 1.38. The number of carbonyl (C=O) groups excluding carboxylic acids is 2. The topological polar surface area (TPSA) is 118 Å². The van der Waals surface area contributed by atoms with Crippen molar-refractivity contribution in [2.75, 3.05) is 7.11 Å². The number of nitrogens with zero attached hydrogens (tertiary/aromatic N) is 3. The van der Waals surface area contributed by atoms with Crippen LogP contribution in [0.1, 0.15) is 43.2 Å². The number of aromatic nitrogens is 2.